The van der Waals surface area contributed by atoms with Gasteiger partial charge in [-0.15, -0.1) is 0 Å². The first kappa shape index (κ1) is 15.1. The van der Waals surface area contributed by atoms with Crippen molar-refractivity contribution in [2.24, 2.45) is 0 Å². The van der Waals surface area contributed by atoms with Gasteiger partial charge in [0.25, 0.3) is 0 Å². The maximum Gasteiger partial charge on any atom is 0.320 e. The van der Waals surface area contributed by atoms with Gasteiger partial charge in [-0.2, -0.15) is 0 Å². The summed E-state index contributed by atoms with van der Waals surface area (Å²) in [5.41, 5.74) is 0.880. The van der Waals surface area contributed by atoms with Crippen LogP contribution in [0.15, 0.2) is 22.7 Å². The van der Waals surface area contributed by atoms with Crippen LogP contribution in [0.1, 0.15) is 31.9 Å². The van der Waals surface area contributed by atoms with Crippen molar-refractivity contribution in [2.75, 3.05) is 7.05 Å². The highest BCUT2D eigenvalue weighted by Gasteiger charge is 2.25. The maximum atomic E-state index is 13.2. The molecule has 5 heteroatoms. The Labute approximate surface area is 115 Å². The lowest BCUT2D eigenvalue weighted by atomic mass is 10.0. The number of benzene rings is 1. The van der Waals surface area contributed by atoms with Crippen LogP contribution in [0.3, 0.4) is 0 Å². The lowest BCUT2D eigenvalue weighted by Crippen LogP contribution is -2.39. The number of nitrogens with zero attached hydrogens (tertiary/aromatic N) is 1. The molecule has 1 aromatic carbocycles. The molecule has 100 valence electrons. The number of hydrogen-bond acceptors (Lipinski definition) is 2. The zero-order valence-corrected chi connectivity index (χ0v) is 12.2. The van der Waals surface area contributed by atoms with E-state index < -0.39 is 12.0 Å². The third kappa shape index (κ3) is 3.29. The summed E-state index contributed by atoms with van der Waals surface area (Å²) in [4.78, 5) is 12.9. The molecule has 2 atom stereocenters. The van der Waals surface area contributed by atoms with Crippen LogP contribution >= 0.6 is 15.9 Å². The Kier molecular flexibility index (Phi) is 5.28. The Balaban J connectivity index is 2.94. The molecule has 0 aliphatic rings. The molecule has 1 rings (SSSR count). The average Bonchev–Trinajstić information content (AvgIpc) is 2.32. The minimum atomic E-state index is -0.840. The first-order chi connectivity index (χ1) is 8.38. The van der Waals surface area contributed by atoms with Gasteiger partial charge in [0, 0.05) is 6.04 Å². The standard InChI is InChI=1S/C13H17BrFNO2/c1-4-12(13(17)18)16(3)8(2)9-5-6-11(15)10(14)7-9/h5-8,12H,4H2,1-3H3,(H,17,18). The predicted molar refractivity (Wildman–Crippen MR) is 72.0 cm³/mol. The van der Waals surface area contributed by atoms with Crippen LogP contribution < -0.4 is 0 Å². The molecule has 0 aliphatic carbocycles. The third-order valence-electron chi connectivity index (χ3n) is 3.20. The third-order valence-corrected chi connectivity index (χ3v) is 3.81. The molecule has 1 aromatic rings. The summed E-state index contributed by atoms with van der Waals surface area (Å²) >= 11 is 3.14. The van der Waals surface area contributed by atoms with Gasteiger partial charge in [0.2, 0.25) is 0 Å². The molecule has 0 aliphatic heterocycles. The van der Waals surface area contributed by atoms with E-state index in [4.69, 9.17) is 5.11 Å². The van der Waals surface area contributed by atoms with Crippen molar-refractivity contribution < 1.29 is 14.3 Å². The molecule has 0 fully saturated rings. The monoisotopic (exact) mass is 317 g/mol. The predicted octanol–water partition coefficient (Wildman–Crippen LogP) is 3.44. The summed E-state index contributed by atoms with van der Waals surface area (Å²) in [5.74, 6) is -1.16. The van der Waals surface area contributed by atoms with Gasteiger partial charge in [-0.1, -0.05) is 13.0 Å². The fourth-order valence-corrected chi connectivity index (χ4v) is 2.31. The van der Waals surface area contributed by atoms with E-state index in [2.05, 4.69) is 15.9 Å². The summed E-state index contributed by atoms with van der Waals surface area (Å²) in [6.07, 6.45) is 0.526. The number of carboxylic acid groups (broad SMARTS) is 1. The minimum absolute atomic E-state index is 0.0945. The van der Waals surface area contributed by atoms with E-state index in [1.165, 1.54) is 6.07 Å². The molecule has 3 nitrogen and oxygen atoms in total. The Morgan fingerprint density at radius 3 is 2.61 bits per heavy atom. The molecule has 0 amide bonds. The summed E-state index contributed by atoms with van der Waals surface area (Å²) in [7, 11) is 1.77. The zero-order valence-electron chi connectivity index (χ0n) is 10.7. The SMILES string of the molecule is CCC(C(=O)O)N(C)C(C)c1ccc(F)c(Br)c1. The highest BCUT2D eigenvalue weighted by molar-refractivity contribution is 9.10. The first-order valence-electron chi connectivity index (χ1n) is 5.78. The number of carboxylic acids is 1. The van der Waals surface area contributed by atoms with E-state index in [1.807, 2.05) is 13.8 Å². The summed E-state index contributed by atoms with van der Waals surface area (Å²) in [6, 6.07) is 4.11. The number of halogens is 2. The fraction of sp³-hybridized carbons (Fsp3) is 0.462. The molecule has 0 radical (unpaired) electrons. The molecule has 1 N–H and O–H groups in total. The normalized spacial score (nSPS) is 14.6. The van der Waals surface area contributed by atoms with Crippen molar-refractivity contribution in [3.05, 3.63) is 34.1 Å². The van der Waals surface area contributed by atoms with Crippen LogP contribution in [0.25, 0.3) is 0 Å². The first-order valence-corrected chi connectivity index (χ1v) is 6.57. The van der Waals surface area contributed by atoms with E-state index in [1.54, 1.807) is 24.1 Å². The molecule has 0 bridgehead atoms. The lowest BCUT2D eigenvalue weighted by molar-refractivity contribution is -0.143. The molecule has 0 aromatic heterocycles. The Hall–Kier alpha value is -0.940. The van der Waals surface area contributed by atoms with Crippen LogP contribution in [0, 0.1) is 5.82 Å². The van der Waals surface area contributed by atoms with Gasteiger partial charge in [-0.3, -0.25) is 9.69 Å². The largest absolute Gasteiger partial charge is 0.480 e. The number of aliphatic carboxylic acids is 1. The van der Waals surface area contributed by atoms with Gasteiger partial charge >= 0.3 is 5.97 Å². The van der Waals surface area contributed by atoms with Crippen LogP contribution in [-0.4, -0.2) is 29.1 Å². The second kappa shape index (κ2) is 6.29. The van der Waals surface area contributed by atoms with Crippen molar-refractivity contribution in [2.45, 2.75) is 32.4 Å². The molecule has 0 heterocycles. The fourth-order valence-electron chi connectivity index (χ4n) is 1.91. The van der Waals surface area contributed by atoms with Crippen LogP contribution in [0.2, 0.25) is 0 Å². The van der Waals surface area contributed by atoms with Crippen molar-refractivity contribution >= 4 is 21.9 Å². The smallest absolute Gasteiger partial charge is 0.320 e. The molecular formula is C13H17BrFNO2. The molecule has 0 saturated heterocycles. The minimum Gasteiger partial charge on any atom is -0.480 e. The van der Waals surface area contributed by atoms with Gasteiger partial charge in [-0.05, 0) is 54.0 Å². The molecule has 0 spiro atoms. The lowest BCUT2D eigenvalue weighted by Gasteiger charge is -2.30. The number of rotatable bonds is 5. The highest BCUT2D eigenvalue weighted by atomic mass is 79.9. The molecular weight excluding hydrogens is 301 g/mol. The zero-order chi connectivity index (χ0) is 13.9. The van der Waals surface area contributed by atoms with Crippen molar-refractivity contribution in [3.8, 4) is 0 Å². The van der Waals surface area contributed by atoms with Gasteiger partial charge in [-0.25, -0.2) is 4.39 Å². The van der Waals surface area contributed by atoms with Crippen molar-refractivity contribution in [3.63, 3.8) is 0 Å². The Morgan fingerprint density at radius 1 is 1.56 bits per heavy atom. The number of hydrogen-bond donors (Lipinski definition) is 1. The van der Waals surface area contributed by atoms with E-state index in [0.717, 1.165) is 5.56 Å². The van der Waals surface area contributed by atoms with Crippen molar-refractivity contribution in [1.82, 2.24) is 4.90 Å². The van der Waals surface area contributed by atoms with Gasteiger partial charge in [0.05, 0.1) is 4.47 Å². The van der Waals surface area contributed by atoms with Crippen LogP contribution in [0.4, 0.5) is 4.39 Å². The van der Waals surface area contributed by atoms with Crippen LogP contribution in [-0.2, 0) is 4.79 Å². The van der Waals surface area contributed by atoms with Gasteiger partial charge in [0.1, 0.15) is 11.9 Å². The number of carbonyl (C=O) groups is 1. The highest BCUT2D eigenvalue weighted by Crippen LogP contribution is 2.26. The Morgan fingerprint density at radius 2 is 2.17 bits per heavy atom. The Bertz CT molecular complexity index is 439. The molecule has 2 unspecified atom stereocenters. The van der Waals surface area contributed by atoms with E-state index >= 15 is 0 Å². The summed E-state index contributed by atoms with van der Waals surface area (Å²) in [5, 5.41) is 9.13. The summed E-state index contributed by atoms with van der Waals surface area (Å²) < 4.78 is 13.6. The quantitative estimate of drug-likeness (QED) is 0.904. The summed E-state index contributed by atoms with van der Waals surface area (Å²) in [6.45, 7) is 3.74. The van der Waals surface area contributed by atoms with Gasteiger partial charge < -0.3 is 5.11 Å². The number of likely N-dealkylation sites (N-methyl/N-ethyl adjacent to an activating group) is 1. The second-order valence-electron chi connectivity index (χ2n) is 4.28. The van der Waals surface area contributed by atoms with E-state index in [0.29, 0.717) is 10.9 Å². The van der Waals surface area contributed by atoms with E-state index in [-0.39, 0.29) is 11.9 Å². The maximum absolute atomic E-state index is 13.2. The second-order valence-corrected chi connectivity index (χ2v) is 5.13. The molecule has 0 saturated carbocycles. The average molecular weight is 318 g/mol. The van der Waals surface area contributed by atoms with Crippen molar-refractivity contribution in [1.29, 1.82) is 0 Å². The van der Waals surface area contributed by atoms with Crippen LogP contribution in [0.5, 0.6) is 0 Å². The topological polar surface area (TPSA) is 40.5 Å². The van der Waals surface area contributed by atoms with Gasteiger partial charge in [0.15, 0.2) is 0 Å². The molecule has 18 heavy (non-hydrogen) atoms. The van der Waals surface area contributed by atoms with E-state index in [9.17, 15) is 9.18 Å².